The first kappa shape index (κ1) is 7.88. The van der Waals surface area contributed by atoms with E-state index in [1.165, 1.54) is 0 Å². The molecular formula is C6H8FNO. The molecule has 1 atom stereocenters. The molecule has 0 fully saturated rings. The maximum absolute atomic E-state index is 12.1. The Bertz CT molecular complexity index is 133. The molecule has 2 nitrogen and oxygen atoms in total. The molecule has 50 valence electrons. The zero-order chi connectivity index (χ0) is 7.28. The van der Waals surface area contributed by atoms with Crippen LogP contribution in [0.4, 0.5) is 4.39 Å². The maximum Gasteiger partial charge on any atom is 0.245 e. The maximum atomic E-state index is 12.1. The van der Waals surface area contributed by atoms with Crippen LogP contribution in [0.25, 0.3) is 0 Å². The van der Waals surface area contributed by atoms with Gasteiger partial charge in [-0.25, -0.2) is 4.39 Å². The lowest BCUT2D eigenvalue weighted by Crippen LogP contribution is -2.27. The molecule has 0 aromatic carbocycles. The van der Waals surface area contributed by atoms with Crippen LogP contribution in [0.15, 0.2) is 25.3 Å². The van der Waals surface area contributed by atoms with Gasteiger partial charge >= 0.3 is 0 Å². The summed E-state index contributed by atoms with van der Waals surface area (Å²) in [5.74, 6) is -0.539. The van der Waals surface area contributed by atoms with E-state index in [1.54, 1.807) is 0 Å². The van der Waals surface area contributed by atoms with E-state index in [4.69, 9.17) is 0 Å². The molecule has 0 aliphatic carbocycles. The van der Waals surface area contributed by atoms with Crippen molar-refractivity contribution in [3.8, 4) is 0 Å². The van der Waals surface area contributed by atoms with E-state index < -0.39 is 12.2 Å². The lowest BCUT2D eigenvalue weighted by atomic mass is 10.5. The van der Waals surface area contributed by atoms with E-state index in [1.807, 2.05) is 5.32 Å². The number of rotatable bonds is 3. The van der Waals surface area contributed by atoms with Gasteiger partial charge in [0, 0.05) is 0 Å². The summed E-state index contributed by atoms with van der Waals surface area (Å²) in [6.45, 7) is 6.26. The predicted octanol–water partition coefficient (Wildman–Crippen LogP) is 0.770. The molecule has 0 saturated heterocycles. The van der Waals surface area contributed by atoms with Gasteiger partial charge in [-0.1, -0.05) is 13.2 Å². The second-order valence-corrected chi connectivity index (χ2v) is 1.35. The fourth-order valence-electron chi connectivity index (χ4n) is 0.254. The molecule has 0 rings (SSSR count). The summed E-state index contributed by atoms with van der Waals surface area (Å²) in [6, 6.07) is 0. The summed E-state index contributed by atoms with van der Waals surface area (Å²) < 4.78 is 12.1. The van der Waals surface area contributed by atoms with Crippen LogP contribution in [-0.4, -0.2) is 12.2 Å². The minimum absolute atomic E-state index is 0.539. The normalized spacial score (nSPS) is 11.7. The molecule has 0 heterocycles. The largest absolute Gasteiger partial charge is 0.320 e. The molecule has 0 aromatic heterocycles. The molecule has 9 heavy (non-hydrogen) atoms. The molecule has 3 heteroatoms. The highest BCUT2D eigenvalue weighted by atomic mass is 19.1. The molecule has 0 aliphatic heterocycles. The minimum Gasteiger partial charge on any atom is -0.320 e. The van der Waals surface area contributed by atoms with E-state index in [-0.39, 0.29) is 0 Å². The predicted molar refractivity (Wildman–Crippen MR) is 33.4 cm³/mol. The number of carbonyl (C=O) groups excluding carboxylic acids is 1. The van der Waals surface area contributed by atoms with E-state index in [2.05, 4.69) is 13.2 Å². The molecule has 0 bridgehead atoms. The molecule has 1 unspecified atom stereocenters. The lowest BCUT2D eigenvalue weighted by Gasteiger charge is -2.00. The van der Waals surface area contributed by atoms with Crippen molar-refractivity contribution in [1.82, 2.24) is 5.32 Å². The molecule has 0 saturated carbocycles. The summed E-state index contributed by atoms with van der Waals surface area (Å²) in [5.41, 5.74) is 0. The van der Waals surface area contributed by atoms with Crippen LogP contribution in [0.3, 0.4) is 0 Å². The van der Waals surface area contributed by atoms with Crippen molar-refractivity contribution in [2.24, 2.45) is 0 Å². The third-order valence-electron chi connectivity index (χ3n) is 0.672. The molecular weight excluding hydrogens is 121 g/mol. The van der Waals surface area contributed by atoms with Crippen molar-refractivity contribution in [2.45, 2.75) is 6.30 Å². The van der Waals surface area contributed by atoms with Gasteiger partial charge in [-0.15, -0.1) is 0 Å². The van der Waals surface area contributed by atoms with Gasteiger partial charge in [0.1, 0.15) is 0 Å². The number of alkyl halides is 1. The quantitative estimate of drug-likeness (QED) is 0.340. The summed E-state index contributed by atoms with van der Waals surface area (Å²) in [6.07, 6.45) is 0.507. The van der Waals surface area contributed by atoms with Gasteiger partial charge in [0.15, 0.2) is 6.30 Å². The van der Waals surface area contributed by atoms with E-state index >= 15 is 0 Å². The molecule has 0 spiro atoms. The highest BCUT2D eigenvalue weighted by Gasteiger charge is 2.00. The summed E-state index contributed by atoms with van der Waals surface area (Å²) in [4.78, 5) is 10.3. The van der Waals surface area contributed by atoms with Gasteiger partial charge < -0.3 is 5.32 Å². The number of hydrogen-bond donors (Lipinski definition) is 1. The molecule has 1 N–H and O–H groups in total. The zero-order valence-electron chi connectivity index (χ0n) is 4.93. The Kier molecular flexibility index (Phi) is 3.35. The second-order valence-electron chi connectivity index (χ2n) is 1.35. The summed E-state index contributed by atoms with van der Waals surface area (Å²) >= 11 is 0. The van der Waals surface area contributed by atoms with Crippen molar-refractivity contribution < 1.29 is 9.18 Å². The number of carbonyl (C=O) groups is 1. The number of halogens is 1. The van der Waals surface area contributed by atoms with Crippen LogP contribution in [0, 0.1) is 0 Å². The first-order valence-corrected chi connectivity index (χ1v) is 2.40. The highest BCUT2D eigenvalue weighted by Crippen LogP contribution is 1.84. The van der Waals surface area contributed by atoms with Gasteiger partial charge in [-0.3, -0.25) is 4.79 Å². The SMILES string of the molecule is C=CC(=O)NC(F)C=C. The standard InChI is InChI=1S/C6H8FNO/c1-3-5(7)8-6(9)4-2/h3-5H,1-2H2,(H,8,9). The lowest BCUT2D eigenvalue weighted by molar-refractivity contribution is -0.117. The van der Waals surface area contributed by atoms with Crippen LogP contribution in [0.2, 0.25) is 0 Å². The monoisotopic (exact) mass is 129 g/mol. The Labute approximate surface area is 53.1 Å². The third kappa shape index (κ3) is 3.46. The average molecular weight is 129 g/mol. The van der Waals surface area contributed by atoms with Gasteiger partial charge in [0.05, 0.1) is 0 Å². The van der Waals surface area contributed by atoms with E-state index in [0.29, 0.717) is 0 Å². The summed E-state index contributed by atoms with van der Waals surface area (Å²) in [7, 11) is 0. The first-order chi connectivity index (χ1) is 4.20. The van der Waals surface area contributed by atoms with Crippen LogP contribution in [0.1, 0.15) is 0 Å². The number of hydrogen-bond acceptors (Lipinski definition) is 1. The Morgan fingerprint density at radius 1 is 1.67 bits per heavy atom. The van der Waals surface area contributed by atoms with E-state index in [0.717, 1.165) is 12.2 Å². The van der Waals surface area contributed by atoms with Gasteiger partial charge in [-0.05, 0) is 12.2 Å². The van der Waals surface area contributed by atoms with Crippen LogP contribution >= 0.6 is 0 Å². The van der Waals surface area contributed by atoms with Gasteiger partial charge in [0.25, 0.3) is 0 Å². The van der Waals surface area contributed by atoms with Crippen molar-refractivity contribution in [3.63, 3.8) is 0 Å². The zero-order valence-corrected chi connectivity index (χ0v) is 4.93. The van der Waals surface area contributed by atoms with Crippen molar-refractivity contribution in [2.75, 3.05) is 0 Å². The molecule has 0 aromatic rings. The Morgan fingerprint density at radius 3 is 2.56 bits per heavy atom. The fraction of sp³-hybridized carbons (Fsp3) is 0.167. The highest BCUT2D eigenvalue weighted by molar-refractivity contribution is 5.87. The minimum atomic E-state index is -1.48. The first-order valence-electron chi connectivity index (χ1n) is 2.40. The van der Waals surface area contributed by atoms with Crippen LogP contribution in [0.5, 0.6) is 0 Å². The average Bonchev–Trinajstić information content (AvgIpc) is 1.87. The van der Waals surface area contributed by atoms with Crippen molar-refractivity contribution >= 4 is 5.91 Å². The molecule has 0 radical (unpaired) electrons. The smallest absolute Gasteiger partial charge is 0.245 e. The van der Waals surface area contributed by atoms with Crippen molar-refractivity contribution in [3.05, 3.63) is 25.3 Å². The number of amides is 1. The Morgan fingerprint density at radius 2 is 2.22 bits per heavy atom. The topological polar surface area (TPSA) is 29.1 Å². The Balaban J connectivity index is 3.58. The van der Waals surface area contributed by atoms with Crippen LogP contribution in [-0.2, 0) is 4.79 Å². The second kappa shape index (κ2) is 3.83. The third-order valence-corrected chi connectivity index (χ3v) is 0.672. The fourth-order valence-corrected chi connectivity index (χ4v) is 0.254. The molecule has 0 aliphatic rings. The van der Waals surface area contributed by atoms with E-state index in [9.17, 15) is 9.18 Å². The van der Waals surface area contributed by atoms with Gasteiger partial charge in [0.2, 0.25) is 5.91 Å². The van der Waals surface area contributed by atoms with Gasteiger partial charge in [-0.2, -0.15) is 0 Å². The number of nitrogens with one attached hydrogen (secondary N) is 1. The van der Waals surface area contributed by atoms with Crippen molar-refractivity contribution in [1.29, 1.82) is 0 Å². The molecule has 1 amide bonds. The summed E-state index contributed by atoms with van der Waals surface area (Å²) in [5, 5.41) is 1.94. The Hall–Kier alpha value is -1.12. The van der Waals surface area contributed by atoms with Crippen LogP contribution < -0.4 is 5.32 Å².